The Morgan fingerprint density at radius 3 is 2.68 bits per heavy atom. The van der Waals surface area contributed by atoms with Gasteiger partial charge < -0.3 is 0 Å². The number of carbonyl (C=O) groups excluding carboxylic acids is 1. The number of hydrogen-bond acceptors (Lipinski definition) is 6. The Kier molecular flexibility index (Phi) is 6.17. The van der Waals surface area contributed by atoms with Gasteiger partial charge in [-0.25, -0.2) is 4.98 Å². The molecule has 0 unspecified atom stereocenters. The largest absolute Gasteiger partial charge is 0.298 e. The third-order valence-corrected chi connectivity index (χ3v) is 6.55. The third kappa shape index (κ3) is 3.81. The number of nitrogens with zero attached hydrogens (tertiary/aromatic N) is 4. The zero-order valence-electron chi connectivity index (χ0n) is 15.9. The van der Waals surface area contributed by atoms with Crippen LogP contribution in [0.3, 0.4) is 0 Å². The molecule has 0 saturated carbocycles. The monoisotopic (exact) mass is 412 g/mol. The highest BCUT2D eigenvalue weighted by molar-refractivity contribution is 7.99. The molecule has 2 heterocycles. The molecular weight excluding hydrogens is 392 g/mol. The Labute approximate surface area is 171 Å². The topological polar surface area (TPSA) is 79.0 Å². The van der Waals surface area contributed by atoms with Gasteiger partial charge in [-0.1, -0.05) is 30.0 Å². The van der Waals surface area contributed by atoms with Gasteiger partial charge in [0.05, 0.1) is 17.2 Å². The number of aromatic nitrogens is 2. The normalized spacial score (nSPS) is 10.8. The van der Waals surface area contributed by atoms with Gasteiger partial charge in [0.2, 0.25) is 5.91 Å². The van der Waals surface area contributed by atoms with Crippen molar-refractivity contribution in [2.45, 2.75) is 32.5 Å². The highest BCUT2D eigenvalue weighted by Crippen LogP contribution is 2.28. The summed E-state index contributed by atoms with van der Waals surface area (Å²) in [5, 5.41) is 10.3. The van der Waals surface area contributed by atoms with Crippen molar-refractivity contribution in [1.29, 1.82) is 5.26 Å². The van der Waals surface area contributed by atoms with E-state index in [1.807, 2.05) is 45.0 Å². The predicted molar refractivity (Wildman–Crippen MR) is 114 cm³/mol. The van der Waals surface area contributed by atoms with Gasteiger partial charge in [-0.2, -0.15) is 5.26 Å². The van der Waals surface area contributed by atoms with Gasteiger partial charge in [0, 0.05) is 17.1 Å². The maximum Gasteiger partial charge on any atom is 0.263 e. The smallest absolute Gasteiger partial charge is 0.263 e. The summed E-state index contributed by atoms with van der Waals surface area (Å²) in [7, 11) is 0. The van der Waals surface area contributed by atoms with E-state index in [0.717, 1.165) is 10.4 Å². The number of hydrogen-bond donors (Lipinski definition) is 0. The number of nitriles is 1. The average Bonchev–Trinajstić information content (AvgIpc) is 2.98. The van der Waals surface area contributed by atoms with Crippen molar-refractivity contribution in [3.05, 3.63) is 51.1 Å². The zero-order valence-corrected chi connectivity index (χ0v) is 17.6. The van der Waals surface area contributed by atoms with Crippen LogP contribution in [0.2, 0.25) is 0 Å². The standard InChI is InChI=1S/C20H20N4O2S2/c1-4-23-19(26)17-13(2)14(3)28-18(17)22-20(23)27-12-16(25)24(11-10-21)15-8-6-5-7-9-15/h5-9H,4,11-12H2,1-3H3. The van der Waals surface area contributed by atoms with Gasteiger partial charge >= 0.3 is 0 Å². The second-order valence-corrected chi connectivity index (χ2v) is 8.32. The summed E-state index contributed by atoms with van der Waals surface area (Å²) in [4.78, 5) is 33.5. The molecule has 0 aliphatic heterocycles. The Morgan fingerprint density at radius 1 is 1.32 bits per heavy atom. The van der Waals surface area contributed by atoms with Crippen molar-refractivity contribution < 1.29 is 4.79 Å². The minimum absolute atomic E-state index is 0.0280. The molecule has 0 radical (unpaired) electrons. The SMILES string of the molecule is CCn1c(SCC(=O)N(CC#N)c2ccccc2)nc2sc(C)c(C)c2c1=O. The highest BCUT2D eigenvalue weighted by Gasteiger charge is 2.19. The van der Waals surface area contributed by atoms with Gasteiger partial charge in [-0.3, -0.25) is 19.1 Å². The van der Waals surface area contributed by atoms with Crippen molar-refractivity contribution in [3.8, 4) is 6.07 Å². The first kappa shape index (κ1) is 20.1. The van der Waals surface area contributed by atoms with Gasteiger partial charge in [0.1, 0.15) is 11.4 Å². The summed E-state index contributed by atoms with van der Waals surface area (Å²) in [5.74, 6) is -0.106. The van der Waals surface area contributed by atoms with E-state index in [1.54, 1.807) is 16.7 Å². The van der Waals surface area contributed by atoms with E-state index in [-0.39, 0.29) is 23.8 Å². The fraction of sp³-hybridized carbons (Fsp3) is 0.300. The third-order valence-electron chi connectivity index (χ3n) is 4.49. The van der Waals surface area contributed by atoms with Crippen LogP contribution in [-0.2, 0) is 11.3 Å². The van der Waals surface area contributed by atoms with Crippen LogP contribution in [0.5, 0.6) is 0 Å². The fourth-order valence-electron chi connectivity index (χ4n) is 2.90. The molecule has 2 aromatic heterocycles. The summed E-state index contributed by atoms with van der Waals surface area (Å²) < 4.78 is 1.61. The Morgan fingerprint density at radius 2 is 2.04 bits per heavy atom. The van der Waals surface area contributed by atoms with Crippen LogP contribution in [0.4, 0.5) is 5.69 Å². The van der Waals surface area contributed by atoms with Gasteiger partial charge in [0.15, 0.2) is 5.16 Å². The molecule has 28 heavy (non-hydrogen) atoms. The lowest BCUT2D eigenvalue weighted by atomic mass is 10.2. The van der Waals surface area contributed by atoms with Crippen LogP contribution >= 0.6 is 23.1 Å². The minimum atomic E-state index is -0.201. The number of anilines is 1. The van der Waals surface area contributed by atoms with E-state index in [0.29, 0.717) is 27.6 Å². The van der Waals surface area contributed by atoms with Crippen LogP contribution in [0.15, 0.2) is 40.3 Å². The second-order valence-electron chi connectivity index (χ2n) is 6.17. The van der Waals surface area contributed by atoms with Crippen molar-refractivity contribution in [2.75, 3.05) is 17.2 Å². The lowest BCUT2D eigenvalue weighted by molar-refractivity contribution is -0.116. The summed E-state index contributed by atoms with van der Waals surface area (Å²) in [6.07, 6.45) is 0. The van der Waals surface area contributed by atoms with Crippen LogP contribution in [-0.4, -0.2) is 27.8 Å². The second kappa shape index (κ2) is 8.59. The van der Waals surface area contributed by atoms with Crippen molar-refractivity contribution in [1.82, 2.24) is 9.55 Å². The number of carbonyl (C=O) groups is 1. The first-order valence-electron chi connectivity index (χ1n) is 8.83. The number of fused-ring (bicyclic) bond motifs is 1. The first-order chi connectivity index (χ1) is 13.5. The van der Waals surface area contributed by atoms with E-state index >= 15 is 0 Å². The Balaban J connectivity index is 1.89. The highest BCUT2D eigenvalue weighted by atomic mass is 32.2. The first-order valence-corrected chi connectivity index (χ1v) is 10.6. The molecule has 1 aromatic carbocycles. The lowest BCUT2D eigenvalue weighted by Crippen LogP contribution is -2.33. The number of thioether (sulfide) groups is 1. The molecule has 144 valence electrons. The van der Waals surface area contributed by atoms with Crippen LogP contribution in [0.25, 0.3) is 10.2 Å². The fourth-order valence-corrected chi connectivity index (χ4v) is 4.91. The predicted octanol–water partition coefficient (Wildman–Crippen LogP) is 3.74. The average molecular weight is 413 g/mol. The summed E-state index contributed by atoms with van der Waals surface area (Å²) in [6.45, 7) is 6.26. The van der Waals surface area contributed by atoms with E-state index in [4.69, 9.17) is 5.26 Å². The molecule has 0 saturated heterocycles. The molecule has 0 aliphatic rings. The molecular formula is C20H20N4O2S2. The molecule has 1 amide bonds. The molecule has 0 spiro atoms. The maximum absolute atomic E-state index is 12.9. The molecule has 3 aromatic rings. The zero-order chi connectivity index (χ0) is 20.3. The van der Waals surface area contributed by atoms with Crippen LogP contribution in [0.1, 0.15) is 17.4 Å². The Hall–Kier alpha value is -2.63. The summed E-state index contributed by atoms with van der Waals surface area (Å²) >= 11 is 2.73. The van der Waals surface area contributed by atoms with Crippen molar-refractivity contribution in [2.24, 2.45) is 0 Å². The maximum atomic E-state index is 12.9. The number of rotatable bonds is 6. The molecule has 0 aliphatic carbocycles. The molecule has 8 heteroatoms. The van der Waals surface area contributed by atoms with E-state index < -0.39 is 0 Å². The van der Waals surface area contributed by atoms with Gasteiger partial charge in [0.25, 0.3) is 5.56 Å². The van der Waals surface area contributed by atoms with E-state index in [9.17, 15) is 9.59 Å². The molecule has 0 bridgehead atoms. The molecule has 0 atom stereocenters. The molecule has 3 rings (SSSR count). The van der Waals surface area contributed by atoms with Crippen molar-refractivity contribution in [3.63, 3.8) is 0 Å². The van der Waals surface area contributed by atoms with E-state index in [2.05, 4.69) is 4.98 Å². The molecule has 0 N–H and O–H groups in total. The summed E-state index contributed by atoms with van der Waals surface area (Å²) in [6, 6.07) is 11.1. The van der Waals surface area contributed by atoms with Crippen molar-refractivity contribution >= 4 is 44.9 Å². The molecule has 6 nitrogen and oxygen atoms in total. The van der Waals surface area contributed by atoms with Gasteiger partial charge in [-0.15, -0.1) is 11.3 Å². The Bertz CT molecular complexity index is 1110. The van der Waals surface area contributed by atoms with Crippen LogP contribution in [0, 0.1) is 25.2 Å². The number of benzene rings is 1. The minimum Gasteiger partial charge on any atom is -0.298 e. The number of amides is 1. The van der Waals surface area contributed by atoms with Crippen LogP contribution < -0.4 is 10.5 Å². The van der Waals surface area contributed by atoms with E-state index in [1.165, 1.54) is 28.0 Å². The lowest BCUT2D eigenvalue weighted by Gasteiger charge is -2.19. The number of thiophene rings is 1. The number of aryl methyl sites for hydroxylation is 2. The quantitative estimate of drug-likeness (QED) is 0.350. The van der Waals surface area contributed by atoms with Gasteiger partial charge in [-0.05, 0) is 38.5 Å². The molecule has 0 fully saturated rings. The summed E-state index contributed by atoms with van der Waals surface area (Å²) in [5.41, 5.74) is 1.58. The number of para-hydroxylation sites is 1.